The molecule has 1 unspecified atom stereocenters. The summed E-state index contributed by atoms with van der Waals surface area (Å²) in [4.78, 5) is 1.85. The van der Waals surface area contributed by atoms with Crippen LogP contribution < -0.4 is 10.1 Å². The van der Waals surface area contributed by atoms with Gasteiger partial charge in [-0.25, -0.2) is 8.78 Å². The molecule has 5 heteroatoms. The van der Waals surface area contributed by atoms with E-state index in [4.69, 9.17) is 4.74 Å². The molecule has 3 nitrogen and oxygen atoms in total. The first kappa shape index (κ1) is 14.9. The Morgan fingerprint density at radius 1 is 1.28 bits per heavy atom. The maximum absolute atomic E-state index is 14.0. The summed E-state index contributed by atoms with van der Waals surface area (Å²) in [7, 11) is 4.99. The van der Waals surface area contributed by atoms with Crippen molar-refractivity contribution in [3.63, 3.8) is 0 Å². The zero-order valence-electron chi connectivity index (χ0n) is 11.3. The topological polar surface area (TPSA) is 24.5 Å². The van der Waals surface area contributed by atoms with Crippen LogP contribution in [0, 0.1) is 11.6 Å². The lowest BCUT2D eigenvalue weighted by atomic mass is 10.0. The summed E-state index contributed by atoms with van der Waals surface area (Å²) >= 11 is 0. The SMILES string of the molecule is CCNCC(c1cc(F)c(OC)cc1F)N(C)C. The molecular weight excluding hydrogens is 238 g/mol. The average molecular weight is 258 g/mol. The molecule has 0 saturated carbocycles. The molecule has 0 bridgehead atoms. The molecule has 18 heavy (non-hydrogen) atoms. The minimum atomic E-state index is -0.544. The largest absolute Gasteiger partial charge is 0.494 e. The number of methoxy groups -OCH3 is 1. The lowest BCUT2D eigenvalue weighted by Crippen LogP contribution is -2.31. The second kappa shape index (κ2) is 6.66. The molecule has 0 radical (unpaired) electrons. The number of nitrogens with zero attached hydrogens (tertiary/aromatic N) is 1. The van der Waals surface area contributed by atoms with Gasteiger partial charge in [-0.05, 0) is 26.7 Å². The number of hydrogen-bond acceptors (Lipinski definition) is 3. The van der Waals surface area contributed by atoms with Crippen molar-refractivity contribution in [2.75, 3.05) is 34.3 Å². The molecule has 1 N–H and O–H groups in total. The summed E-state index contributed by atoms with van der Waals surface area (Å²) in [6, 6.07) is 2.08. The quantitative estimate of drug-likeness (QED) is 0.846. The molecule has 1 aromatic rings. The second-order valence-corrected chi connectivity index (χ2v) is 4.30. The first-order chi connectivity index (χ1) is 8.51. The summed E-state index contributed by atoms with van der Waals surface area (Å²) < 4.78 is 32.4. The lowest BCUT2D eigenvalue weighted by molar-refractivity contribution is 0.281. The van der Waals surface area contributed by atoms with E-state index in [0.29, 0.717) is 12.1 Å². The monoisotopic (exact) mass is 258 g/mol. The Morgan fingerprint density at radius 3 is 2.44 bits per heavy atom. The molecule has 0 fully saturated rings. The highest BCUT2D eigenvalue weighted by molar-refractivity contribution is 5.32. The fourth-order valence-electron chi connectivity index (χ4n) is 1.81. The number of ether oxygens (including phenoxy) is 1. The van der Waals surface area contributed by atoms with Crippen molar-refractivity contribution in [2.45, 2.75) is 13.0 Å². The van der Waals surface area contributed by atoms with E-state index in [0.717, 1.165) is 12.6 Å². The predicted molar refractivity (Wildman–Crippen MR) is 67.9 cm³/mol. The van der Waals surface area contributed by atoms with E-state index in [1.54, 1.807) is 0 Å². The molecule has 0 aliphatic carbocycles. The van der Waals surface area contributed by atoms with Crippen LogP contribution in [-0.2, 0) is 0 Å². The molecule has 1 aromatic carbocycles. The number of rotatable bonds is 6. The van der Waals surface area contributed by atoms with Gasteiger partial charge in [-0.2, -0.15) is 0 Å². The first-order valence-corrected chi connectivity index (χ1v) is 5.91. The van der Waals surface area contributed by atoms with Gasteiger partial charge in [0.2, 0.25) is 0 Å². The lowest BCUT2D eigenvalue weighted by Gasteiger charge is -2.25. The van der Waals surface area contributed by atoms with Gasteiger partial charge >= 0.3 is 0 Å². The molecule has 0 spiro atoms. The van der Waals surface area contributed by atoms with Gasteiger partial charge < -0.3 is 15.0 Å². The van der Waals surface area contributed by atoms with Crippen molar-refractivity contribution in [3.05, 3.63) is 29.3 Å². The first-order valence-electron chi connectivity index (χ1n) is 5.91. The average Bonchev–Trinajstić information content (AvgIpc) is 2.32. The van der Waals surface area contributed by atoms with Crippen LogP contribution in [0.25, 0.3) is 0 Å². The second-order valence-electron chi connectivity index (χ2n) is 4.30. The van der Waals surface area contributed by atoms with Gasteiger partial charge in [0.05, 0.1) is 7.11 Å². The smallest absolute Gasteiger partial charge is 0.165 e. The molecule has 0 saturated heterocycles. The number of halogens is 2. The van der Waals surface area contributed by atoms with Crippen molar-refractivity contribution in [1.29, 1.82) is 0 Å². The van der Waals surface area contributed by atoms with Crippen LogP contribution in [0.15, 0.2) is 12.1 Å². The maximum Gasteiger partial charge on any atom is 0.165 e. The van der Waals surface area contributed by atoms with Gasteiger partial charge in [0.1, 0.15) is 5.82 Å². The maximum atomic E-state index is 14.0. The standard InChI is InChI=1S/C13H20F2N2O/c1-5-16-8-12(17(2)3)9-6-11(15)13(18-4)7-10(9)14/h6-7,12,16H,5,8H2,1-4H3. The number of hydrogen-bond donors (Lipinski definition) is 1. The van der Waals surface area contributed by atoms with Gasteiger partial charge in [-0.1, -0.05) is 6.92 Å². The van der Waals surface area contributed by atoms with E-state index in [1.807, 2.05) is 25.9 Å². The highest BCUT2D eigenvalue weighted by Crippen LogP contribution is 2.27. The summed E-state index contributed by atoms with van der Waals surface area (Å²) in [5.74, 6) is -1.07. The van der Waals surface area contributed by atoms with Crippen LogP contribution in [0.1, 0.15) is 18.5 Å². The number of likely N-dealkylation sites (N-methyl/N-ethyl adjacent to an activating group) is 2. The third kappa shape index (κ3) is 3.40. The number of benzene rings is 1. The van der Waals surface area contributed by atoms with E-state index in [9.17, 15) is 8.78 Å². The number of nitrogens with one attached hydrogen (secondary N) is 1. The summed E-state index contributed by atoms with van der Waals surface area (Å²) in [5, 5.41) is 3.14. The molecule has 0 aromatic heterocycles. The molecule has 1 rings (SSSR count). The molecule has 102 valence electrons. The molecule has 0 aliphatic rings. The third-order valence-corrected chi connectivity index (χ3v) is 2.84. The van der Waals surface area contributed by atoms with Crippen molar-refractivity contribution in [1.82, 2.24) is 10.2 Å². The molecule has 0 aliphatic heterocycles. The Morgan fingerprint density at radius 2 is 1.94 bits per heavy atom. The van der Waals surface area contributed by atoms with Crippen LogP contribution in [0.5, 0.6) is 5.75 Å². The van der Waals surface area contributed by atoms with E-state index in [1.165, 1.54) is 13.2 Å². The van der Waals surface area contributed by atoms with E-state index in [-0.39, 0.29) is 11.8 Å². The summed E-state index contributed by atoms with van der Waals surface area (Å²) in [6.45, 7) is 3.31. The van der Waals surface area contributed by atoms with Gasteiger partial charge in [0.15, 0.2) is 11.6 Å². The third-order valence-electron chi connectivity index (χ3n) is 2.84. The van der Waals surface area contributed by atoms with Crippen molar-refractivity contribution in [2.24, 2.45) is 0 Å². The van der Waals surface area contributed by atoms with Crippen molar-refractivity contribution in [3.8, 4) is 5.75 Å². The van der Waals surface area contributed by atoms with Crippen LogP contribution in [0.2, 0.25) is 0 Å². The van der Waals surface area contributed by atoms with Gasteiger partial charge in [0.25, 0.3) is 0 Å². The molecular formula is C13H20F2N2O. The fraction of sp³-hybridized carbons (Fsp3) is 0.538. The zero-order valence-corrected chi connectivity index (χ0v) is 11.3. The highest BCUT2D eigenvalue weighted by Gasteiger charge is 2.20. The van der Waals surface area contributed by atoms with E-state index in [2.05, 4.69) is 5.32 Å². The van der Waals surface area contributed by atoms with Crippen molar-refractivity contribution >= 4 is 0 Å². The summed E-state index contributed by atoms with van der Waals surface area (Å²) in [6.07, 6.45) is 0. The predicted octanol–water partition coefficient (Wildman–Crippen LogP) is 2.19. The van der Waals surface area contributed by atoms with Crippen LogP contribution >= 0.6 is 0 Å². The zero-order chi connectivity index (χ0) is 13.7. The van der Waals surface area contributed by atoms with Crippen LogP contribution in [0.3, 0.4) is 0 Å². The Hall–Kier alpha value is -1.20. The Bertz CT molecular complexity index is 397. The van der Waals surface area contributed by atoms with Crippen LogP contribution in [0.4, 0.5) is 8.78 Å². The van der Waals surface area contributed by atoms with Gasteiger partial charge in [-0.3, -0.25) is 0 Å². The van der Waals surface area contributed by atoms with Gasteiger partial charge in [-0.15, -0.1) is 0 Å². The Kier molecular flexibility index (Phi) is 5.50. The van der Waals surface area contributed by atoms with Crippen molar-refractivity contribution < 1.29 is 13.5 Å². The summed E-state index contributed by atoms with van der Waals surface area (Å²) in [5.41, 5.74) is 0.333. The minimum absolute atomic E-state index is 0.0720. The molecule has 0 amide bonds. The van der Waals surface area contributed by atoms with E-state index < -0.39 is 11.6 Å². The molecule has 1 atom stereocenters. The normalized spacial score (nSPS) is 12.8. The minimum Gasteiger partial charge on any atom is -0.494 e. The molecule has 0 heterocycles. The van der Waals surface area contributed by atoms with E-state index >= 15 is 0 Å². The van der Waals surface area contributed by atoms with Gasteiger partial charge in [0, 0.05) is 24.2 Å². The Balaban J connectivity index is 3.08. The van der Waals surface area contributed by atoms with Crippen LogP contribution in [-0.4, -0.2) is 39.2 Å². The fourth-order valence-corrected chi connectivity index (χ4v) is 1.81. The Labute approximate surface area is 107 Å². The highest BCUT2D eigenvalue weighted by atomic mass is 19.1.